The van der Waals surface area contributed by atoms with Crippen LogP contribution in [0.2, 0.25) is 0 Å². The summed E-state index contributed by atoms with van der Waals surface area (Å²) in [5, 5.41) is 1.30. The molecule has 1 spiro atoms. The third-order valence-electron chi connectivity index (χ3n) is 5.89. The Balaban J connectivity index is 1.20. The third-order valence-corrected chi connectivity index (χ3v) is 5.89. The van der Waals surface area contributed by atoms with Crippen LogP contribution in [-0.4, -0.2) is 54.4 Å². The van der Waals surface area contributed by atoms with Crippen LogP contribution in [-0.2, 0) is 16.1 Å². The summed E-state index contributed by atoms with van der Waals surface area (Å²) in [4.78, 5) is 14.8. The van der Waals surface area contributed by atoms with Gasteiger partial charge in [0.15, 0.2) is 0 Å². The number of hydrazine groups is 1. The molecule has 0 aromatic heterocycles. The molecule has 2 N–H and O–H groups in total. The molecule has 2 saturated heterocycles. The fourth-order valence-corrected chi connectivity index (χ4v) is 4.29. The molecule has 1 aliphatic carbocycles. The molecule has 1 saturated carbocycles. The van der Waals surface area contributed by atoms with Crippen LogP contribution in [0.3, 0.4) is 0 Å². The molecule has 25 heavy (non-hydrogen) atoms. The zero-order valence-electron chi connectivity index (χ0n) is 14.6. The first-order valence-corrected chi connectivity index (χ1v) is 9.22. The van der Waals surface area contributed by atoms with Crippen LogP contribution < -0.4 is 5.84 Å². The molecule has 1 amide bonds. The average Bonchev–Trinajstić information content (AvgIpc) is 2.58. The van der Waals surface area contributed by atoms with Gasteiger partial charge in [0, 0.05) is 24.5 Å². The molecule has 3 aliphatic rings. The fraction of sp³-hybridized carbons (Fsp3) is 0.632. The normalized spacial score (nSPS) is 28.0. The molecule has 0 unspecified atom stereocenters. The van der Waals surface area contributed by atoms with Gasteiger partial charge in [0.2, 0.25) is 0 Å². The maximum Gasteiger partial charge on any atom is 0.424 e. The molecule has 1 aromatic carbocycles. The van der Waals surface area contributed by atoms with Crippen molar-refractivity contribution in [2.75, 3.05) is 26.3 Å². The van der Waals surface area contributed by atoms with Crippen LogP contribution in [0.15, 0.2) is 30.3 Å². The topological polar surface area (TPSA) is 68.0 Å². The molecule has 0 bridgehead atoms. The van der Waals surface area contributed by atoms with Crippen LogP contribution in [0.5, 0.6) is 0 Å². The summed E-state index contributed by atoms with van der Waals surface area (Å²) < 4.78 is 10.7. The molecule has 2 aliphatic heterocycles. The number of carbonyl (C=O) groups is 1. The highest BCUT2D eigenvalue weighted by molar-refractivity contribution is 5.67. The van der Waals surface area contributed by atoms with Gasteiger partial charge in [-0.3, -0.25) is 4.90 Å². The summed E-state index contributed by atoms with van der Waals surface area (Å²) >= 11 is 0. The number of hydrogen-bond acceptors (Lipinski definition) is 5. The molecule has 1 aromatic rings. The molecule has 6 nitrogen and oxygen atoms in total. The Labute approximate surface area is 148 Å². The largest absolute Gasteiger partial charge is 0.444 e. The Hall–Kier alpha value is -1.63. The summed E-state index contributed by atoms with van der Waals surface area (Å²) in [5.74, 6) is 6.03. The average molecular weight is 345 g/mol. The highest BCUT2D eigenvalue weighted by Crippen LogP contribution is 2.41. The van der Waals surface area contributed by atoms with Crippen molar-refractivity contribution in [3.63, 3.8) is 0 Å². The number of carbonyl (C=O) groups excluding carboxylic acids is 1. The molecule has 0 atom stereocenters. The second kappa shape index (κ2) is 6.94. The van der Waals surface area contributed by atoms with Gasteiger partial charge in [-0.1, -0.05) is 30.3 Å². The van der Waals surface area contributed by atoms with E-state index in [2.05, 4.69) is 4.90 Å². The van der Waals surface area contributed by atoms with E-state index in [1.54, 1.807) is 0 Å². The van der Waals surface area contributed by atoms with Crippen LogP contribution in [0.4, 0.5) is 4.79 Å². The summed E-state index contributed by atoms with van der Waals surface area (Å²) in [6.07, 6.45) is 3.66. The fourth-order valence-electron chi connectivity index (χ4n) is 4.29. The van der Waals surface area contributed by atoms with E-state index in [9.17, 15) is 4.79 Å². The molecular weight excluding hydrogens is 318 g/mol. The monoisotopic (exact) mass is 345 g/mol. The van der Waals surface area contributed by atoms with E-state index in [-0.39, 0.29) is 12.6 Å². The molecule has 6 heteroatoms. The van der Waals surface area contributed by atoms with E-state index >= 15 is 0 Å². The SMILES string of the molecule is NN(C(=O)OCc1ccccc1)[C@H]1CC[C@H](N2CC3(COC3)C2)CC1. The number of benzene rings is 1. The van der Waals surface area contributed by atoms with Crippen LogP contribution >= 0.6 is 0 Å². The number of amides is 1. The van der Waals surface area contributed by atoms with Gasteiger partial charge >= 0.3 is 6.09 Å². The van der Waals surface area contributed by atoms with Gasteiger partial charge in [-0.05, 0) is 31.2 Å². The second-order valence-corrected chi connectivity index (χ2v) is 7.81. The second-order valence-electron chi connectivity index (χ2n) is 7.81. The Morgan fingerprint density at radius 1 is 1.20 bits per heavy atom. The number of rotatable bonds is 4. The number of likely N-dealkylation sites (tertiary alicyclic amines) is 1. The lowest BCUT2D eigenvalue weighted by atomic mass is 9.75. The molecular formula is C19H27N3O3. The molecule has 2 heterocycles. The lowest BCUT2D eigenvalue weighted by Gasteiger charge is -2.58. The molecule has 4 rings (SSSR count). The van der Waals surface area contributed by atoms with Gasteiger partial charge in [0.1, 0.15) is 6.61 Å². The Morgan fingerprint density at radius 3 is 2.48 bits per heavy atom. The number of nitrogens with zero attached hydrogens (tertiary/aromatic N) is 2. The van der Waals surface area contributed by atoms with Crippen molar-refractivity contribution in [1.29, 1.82) is 0 Å². The van der Waals surface area contributed by atoms with Crippen molar-refractivity contribution in [1.82, 2.24) is 9.91 Å². The van der Waals surface area contributed by atoms with E-state index in [4.69, 9.17) is 15.3 Å². The van der Waals surface area contributed by atoms with E-state index < -0.39 is 6.09 Å². The summed E-state index contributed by atoms with van der Waals surface area (Å²) in [5.41, 5.74) is 1.44. The summed E-state index contributed by atoms with van der Waals surface area (Å²) in [6.45, 7) is 4.48. The minimum atomic E-state index is -0.429. The quantitative estimate of drug-likeness (QED) is 0.514. The molecule has 0 radical (unpaired) electrons. The van der Waals surface area contributed by atoms with Crippen molar-refractivity contribution < 1.29 is 14.3 Å². The van der Waals surface area contributed by atoms with Crippen molar-refractivity contribution in [2.24, 2.45) is 11.3 Å². The van der Waals surface area contributed by atoms with Gasteiger partial charge in [-0.2, -0.15) is 0 Å². The highest BCUT2D eigenvalue weighted by atomic mass is 16.6. The minimum Gasteiger partial charge on any atom is -0.444 e. The van der Waals surface area contributed by atoms with Gasteiger partial charge in [-0.15, -0.1) is 0 Å². The first-order chi connectivity index (χ1) is 12.2. The molecule has 3 fully saturated rings. The number of ether oxygens (including phenoxy) is 2. The maximum atomic E-state index is 12.2. The van der Waals surface area contributed by atoms with Crippen molar-refractivity contribution in [2.45, 2.75) is 44.4 Å². The predicted octanol–water partition coefficient (Wildman–Crippen LogP) is 2.14. The van der Waals surface area contributed by atoms with E-state index in [0.29, 0.717) is 11.5 Å². The Kier molecular flexibility index (Phi) is 4.67. The lowest BCUT2D eigenvalue weighted by molar-refractivity contribution is -0.201. The van der Waals surface area contributed by atoms with Gasteiger partial charge in [0.25, 0.3) is 0 Å². The number of nitrogens with two attached hydrogens (primary N) is 1. The maximum absolute atomic E-state index is 12.2. The number of hydrogen-bond donors (Lipinski definition) is 1. The predicted molar refractivity (Wildman–Crippen MR) is 93.5 cm³/mol. The van der Waals surface area contributed by atoms with Gasteiger partial charge < -0.3 is 9.47 Å². The Bertz CT molecular complexity index is 589. The van der Waals surface area contributed by atoms with Gasteiger partial charge in [-0.25, -0.2) is 15.6 Å². The summed E-state index contributed by atoms with van der Waals surface area (Å²) in [7, 11) is 0. The Morgan fingerprint density at radius 2 is 1.88 bits per heavy atom. The zero-order chi connectivity index (χ0) is 17.3. The van der Waals surface area contributed by atoms with Crippen molar-refractivity contribution in [3.05, 3.63) is 35.9 Å². The van der Waals surface area contributed by atoms with Crippen molar-refractivity contribution in [3.8, 4) is 0 Å². The highest BCUT2D eigenvalue weighted by Gasteiger charge is 2.51. The smallest absolute Gasteiger partial charge is 0.424 e. The van der Waals surface area contributed by atoms with E-state index in [1.807, 2.05) is 30.3 Å². The third kappa shape index (κ3) is 3.52. The summed E-state index contributed by atoms with van der Waals surface area (Å²) in [6, 6.07) is 10.4. The van der Waals surface area contributed by atoms with Crippen LogP contribution in [0.25, 0.3) is 0 Å². The van der Waals surface area contributed by atoms with E-state index in [1.165, 1.54) is 18.1 Å². The van der Waals surface area contributed by atoms with Crippen LogP contribution in [0, 0.1) is 5.41 Å². The minimum absolute atomic E-state index is 0.0850. The lowest BCUT2D eigenvalue weighted by Crippen LogP contribution is -2.68. The zero-order valence-corrected chi connectivity index (χ0v) is 14.6. The van der Waals surface area contributed by atoms with Crippen LogP contribution in [0.1, 0.15) is 31.2 Å². The van der Waals surface area contributed by atoms with Crippen molar-refractivity contribution >= 4 is 6.09 Å². The first kappa shape index (κ1) is 16.8. The van der Waals surface area contributed by atoms with Gasteiger partial charge in [0.05, 0.1) is 19.3 Å². The molecule has 136 valence electrons. The first-order valence-electron chi connectivity index (χ1n) is 9.22. The van der Waals surface area contributed by atoms with E-state index in [0.717, 1.165) is 44.5 Å². The standard InChI is InChI=1S/C19H27N3O3/c20-22(18(23)25-10-15-4-2-1-3-5-15)17-8-6-16(7-9-17)21-11-19(12-21)13-24-14-19/h1-5,16-17H,6-14,20H2/t16-,17-.